The fraction of sp³-hybridized carbons (Fsp3) is 0.500. The van der Waals surface area contributed by atoms with E-state index in [1.807, 2.05) is 13.8 Å². The Morgan fingerprint density at radius 1 is 1.44 bits per heavy atom. The fourth-order valence-electron chi connectivity index (χ4n) is 1.26. The zero-order chi connectivity index (χ0) is 12.1. The van der Waals surface area contributed by atoms with Crippen molar-refractivity contribution in [2.45, 2.75) is 24.8 Å². The minimum atomic E-state index is 0.0461. The van der Waals surface area contributed by atoms with Crippen LogP contribution in [-0.2, 0) is 0 Å². The maximum atomic E-state index is 8.95. The van der Waals surface area contributed by atoms with Crippen LogP contribution in [0.25, 0.3) is 0 Å². The Kier molecular flexibility index (Phi) is 5.83. The standard InChI is InChI=1S/C12H18BrNOS/c1-8(6-15)7-16-10-3-4-11(9(2)14)12(13)5-10/h3-5,8-9,15H,6-7,14H2,1-2H3/t8?,9-/m1/s1. The van der Waals surface area contributed by atoms with E-state index in [4.69, 9.17) is 10.8 Å². The van der Waals surface area contributed by atoms with Crippen molar-refractivity contribution >= 4 is 27.7 Å². The van der Waals surface area contributed by atoms with Crippen LogP contribution in [0.15, 0.2) is 27.6 Å². The molecular weight excluding hydrogens is 286 g/mol. The topological polar surface area (TPSA) is 46.2 Å². The molecule has 0 bridgehead atoms. The molecule has 0 spiro atoms. The normalized spacial score (nSPS) is 14.8. The Bertz CT molecular complexity index is 344. The van der Waals surface area contributed by atoms with Crippen molar-refractivity contribution in [3.8, 4) is 0 Å². The summed E-state index contributed by atoms with van der Waals surface area (Å²) in [6.45, 7) is 4.26. The van der Waals surface area contributed by atoms with Crippen LogP contribution in [0.5, 0.6) is 0 Å². The van der Waals surface area contributed by atoms with Gasteiger partial charge in [-0.05, 0) is 30.5 Å². The van der Waals surface area contributed by atoms with Gasteiger partial charge in [-0.25, -0.2) is 0 Å². The van der Waals surface area contributed by atoms with Gasteiger partial charge in [0.15, 0.2) is 0 Å². The summed E-state index contributed by atoms with van der Waals surface area (Å²) in [5, 5.41) is 8.95. The third kappa shape index (κ3) is 4.09. The average molecular weight is 304 g/mol. The van der Waals surface area contributed by atoms with E-state index in [-0.39, 0.29) is 12.6 Å². The van der Waals surface area contributed by atoms with Crippen molar-refractivity contribution in [3.05, 3.63) is 28.2 Å². The van der Waals surface area contributed by atoms with Gasteiger partial charge in [0, 0.05) is 27.8 Å². The van der Waals surface area contributed by atoms with E-state index in [0.29, 0.717) is 5.92 Å². The van der Waals surface area contributed by atoms with E-state index in [0.717, 1.165) is 15.8 Å². The molecule has 90 valence electrons. The Balaban J connectivity index is 2.66. The molecule has 2 atom stereocenters. The van der Waals surface area contributed by atoms with E-state index < -0.39 is 0 Å². The minimum Gasteiger partial charge on any atom is -0.396 e. The first-order valence-electron chi connectivity index (χ1n) is 5.33. The molecule has 0 aliphatic rings. The number of hydrogen-bond donors (Lipinski definition) is 2. The van der Waals surface area contributed by atoms with Crippen molar-refractivity contribution < 1.29 is 5.11 Å². The third-order valence-electron chi connectivity index (χ3n) is 2.31. The summed E-state index contributed by atoms with van der Waals surface area (Å²) in [6.07, 6.45) is 0. The first kappa shape index (κ1) is 14.0. The van der Waals surface area contributed by atoms with Crippen LogP contribution >= 0.6 is 27.7 Å². The second-order valence-corrected chi connectivity index (χ2v) is 6.02. The third-order valence-corrected chi connectivity index (χ3v) is 4.32. The molecule has 0 aromatic heterocycles. The highest BCUT2D eigenvalue weighted by Crippen LogP contribution is 2.28. The smallest absolute Gasteiger partial charge is 0.0464 e. The summed E-state index contributed by atoms with van der Waals surface area (Å²) >= 11 is 5.29. The van der Waals surface area contributed by atoms with E-state index in [1.54, 1.807) is 11.8 Å². The number of hydrogen-bond acceptors (Lipinski definition) is 3. The molecule has 0 saturated carbocycles. The van der Waals surface area contributed by atoms with Crippen LogP contribution in [0.1, 0.15) is 25.5 Å². The van der Waals surface area contributed by atoms with Crippen LogP contribution < -0.4 is 5.73 Å². The number of aliphatic hydroxyl groups is 1. The zero-order valence-corrected chi connectivity index (χ0v) is 12.0. The van der Waals surface area contributed by atoms with Crippen molar-refractivity contribution in [1.82, 2.24) is 0 Å². The SMILES string of the molecule is CC(CO)CSc1ccc([C@@H](C)N)c(Br)c1. The summed E-state index contributed by atoms with van der Waals surface area (Å²) in [4.78, 5) is 1.21. The Hall–Kier alpha value is -0.0300. The molecule has 0 amide bonds. The lowest BCUT2D eigenvalue weighted by Gasteiger charge is -2.11. The molecule has 1 unspecified atom stereocenters. The highest BCUT2D eigenvalue weighted by Gasteiger charge is 2.07. The molecule has 1 rings (SSSR count). The number of thioether (sulfide) groups is 1. The first-order chi connectivity index (χ1) is 7.54. The summed E-state index contributed by atoms with van der Waals surface area (Å²) < 4.78 is 1.06. The van der Waals surface area contributed by atoms with Crippen LogP contribution in [0.3, 0.4) is 0 Å². The predicted octanol–water partition coefficient (Wildman–Crippen LogP) is 3.19. The van der Waals surface area contributed by atoms with Crippen LogP contribution in [0, 0.1) is 5.92 Å². The predicted molar refractivity (Wildman–Crippen MR) is 73.7 cm³/mol. The minimum absolute atomic E-state index is 0.0461. The summed E-state index contributed by atoms with van der Waals surface area (Å²) in [5.74, 6) is 1.26. The number of aliphatic hydroxyl groups excluding tert-OH is 1. The molecular formula is C12H18BrNOS. The molecule has 2 nitrogen and oxygen atoms in total. The molecule has 3 N–H and O–H groups in total. The van der Waals surface area contributed by atoms with E-state index in [1.165, 1.54) is 4.90 Å². The molecule has 0 aliphatic carbocycles. The van der Waals surface area contributed by atoms with Gasteiger partial charge in [-0.1, -0.05) is 28.9 Å². The monoisotopic (exact) mass is 303 g/mol. The first-order valence-corrected chi connectivity index (χ1v) is 7.11. The summed E-state index contributed by atoms with van der Waals surface area (Å²) in [7, 11) is 0. The van der Waals surface area contributed by atoms with Gasteiger partial charge in [-0.2, -0.15) is 0 Å². The van der Waals surface area contributed by atoms with Crippen molar-refractivity contribution in [2.75, 3.05) is 12.4 Å². The van der Waals surface area contributed by atoms with E-state index in [2.05, 4.69) is 34.1 Å². The second-order valence-electron chi connectivity index (χ2n) is 4.07. The maximum Gasteiger partial charge on any atom is 0.0464 e. The van der Waals surface area contributed by atoms with Gasteiger partial charge >= 0.3 is 0 Å². The molecule has 0 fully saturated rings. The molecule has 1 aromatic carbocycles. The van der Waals surface area contributed by atoms with Gasteiger partial charge in [0.25, 0.3) is 0 Å². The van der Waals surface area contributed by atoms with E-state index >= 15 is 0 Å². The molecule has 0 saturated heterocycles. The van der Waals surface area contributed by atoms with Crippen LogP contribution in [0.4, 0.5) is 0 Å². The van der Waals surface area contributed by atoms with Crippen LogP contribution in [0.2, 0.25) is 0 Å². The molecule has 0 heterocycles. The lowest BCUT2D eigenvalue weighted by atomic mass is 10.1. The second kappa shape index (κ2) is 6.64. The van der Waals surface area contributed by atoms with Gasteiger partial charge in [0.05, 0.1) is 0 Å². The van der Waals surface area contributed by atoms with Gasteiger partial charge in [0.1, 0.15) is 0 Å². The number of rotatable bonds is 5. The van der Waals surface area contributed by atoms with E-state index in [9.17, 15) is 0 Å². The summed E-state index contributed by atoms with van der Waals surface area (Å²) in [5.41, 5.74) is 6.96. The van der Waals surface area contributed by atoms with Gasteiger partial charge in [-0.3, -0.25) is 0 Å². The molecule has 1 aromatic rings. The summed E-state index contributed by atoms with van der Waals surface area (Å²) in [6, 6.07) is 6.27. The lowest BCUT2D eigenvalue weighted by Crippen LogP contribution is -2.06. The quantitative estimate of drug-likeness (QED) is 0.821. The maximum absolute atomic E-state index is 8.95. The molecule has 0 radical (unpaired) electrons. The largest absolute Gasteiger partial charge is 0.396 e. The lowest BCUT2D eigenvalue weighted by molar-refractivity contribution is 0.250. The van der Waals surface area contributed by atoms with Crippen LogP contribution in [-0.4, -0.2) is 17.5 Å². The molecule has 4 heteroatoms. The Morgan fingerprint density at radius 3 is 2.62 bits per heavy atom. The van der Waals surface area contributed by atoms with Crippen molar-refractivity contribution in [3.63, 3.8) is 0 Å². The highest BCUT2D eigenvalue weighted by molar-refractivity contribution is 9.10. The molecule has 0 aliphatic heterocycles. The zero-order valence-electron chi connectivity index (χ0n) is 9.61. The number of benzene rings is 1. The van der Waals surface area contributed by atoms with Crippen molar-refractivity contribution in [2.24, 2.45) is 11.7 Å². The van der Waals surface area contributed by atoms with Gasteiger partial charge < -0.3 is 10.8 Å². The number of nitrogens with two attached hydrogens (primary N) is 1. The molecule has 16 heavy (non-hydrogen) atoms. The highest BCUT2D eigenvalue weighted by atomic mass is 79.9. The number of halogens is 1. The average Bonchev–Trinajstić information content (AvgIpc) is 2.25. The fourth-order valence-corrected chi connectivity index (χ4v) is 3.10. The van der Waals surface area contributed by atoms with Gasteiger partial charge in [0.2, 0.25) is 0 Å². The van der Waals surface area contributed by atoms with Gasteiger partial charge in [-0.15, -0.1) is 11.8 Å². The Morgan fingerprint density at radius 2 is 2.12 bits per heavy atom. The Labute approximate surface area is 110 Å². The van der Waals surface area contributed by atoms with Crippen molar-refractivity contribution in [1.29, 1.82) is 0 Å².